The van der Waals surface area contributed by atoms with Gasteiger partial charge in [0.2, 0.25) is 0 Å². The second kappa shape index (κ2) is 7.13. The zero-order valence-corrected chi connectivity index (χ0v) is 13.8. The Balaban J connectivity index is 1.99. The first-order chi connectivity index (χ1) is 10.3. The van der Waals surface area contributed by atoms with Crippen LogP contribution in [0.25, 0.3) is 0 Å². The standard InChI is InChI=1S/C18H14ClPS/c19-17-13-7-8-14-18(17)21-20(15-9-3-1-4-10-15)16-11-5-2-6-12-16/h1-14H. The second-order valence-corrected chi connectivity index (χ2v) is 8.78. The van der Waals surface area contributed by atoms with E-state index in [1.165, 1.54) is 10.6 Å². The molecule has 0 atom stereocenters. The van der Waals surface area contributed by atoms with Gasteiger partial charge in [0.1, 0.15) is 0 Å². The third-order valence-corrected chi connectivity index (χ3v) is 8.12. The van der Waals surface area contributed by atoms with Gasteiger partial charge in [0, 0.05) is 12.0 Å². The Labute approximate surface area is 135 Å². The van der Waals surface area contributed by atoms with Crippen LogP contribution in [-0.2, 0) is 0 Å². The van der Waals surface area contributed by atoms with Gasteiger partial charge < -0.3 is 0 Å². The van der Waals surface area contributed by atoms with Crippen molar-refractivity contribution in [2.75, 3.05) is 0 Å². The molecule has 3 aromatic carbocycles. The molecule has 0 aliphatic heterocycles. The van der Waals surface area contributed by atoms with Gasteiger partial charge in [-0.25, -0.2) is 0 Å². The molecule has 0 N–H and O–H groups in total. The van der Waals surface area contributed by atoms with Gasteiger partial charge in [-0.3, -0.25) is 0 Å². The van der Waals surface area contributed by atoms with Crippen LogP contribution in [0.3, 0.4) is 0 Å². The fourth-order valence-corrected chi connectivity index (χ4v) is 6.73. The van der Waals surface area contributed by atoms with Gasteiger partial charge in [0.15, 0.2) is 0 Å². The zero-order chi connectivity index (χ0) is 14.5. The Morgan fingerprint density at radius 1 is 0.619 bits per heavy atom. The van der Waals surface area contributed by atoms with Gasteiger partial charge in [-0.1, -0.05) is 95.8 Å². The molecule has 3 rings (SSSR count). The maximum atomic E-state index is 6.33. The zero-order valence-electron chi connectivity index (χ0n) is 11.3. The van der Waals surface area contributed by atoms with E-state index in [0.717, 1.165) is 9.92 Å². The monoisotopic (exact) mass is 328 g/mol. The van der Waals surface area contributed by atoms with Crippen molar-refractivity contribution in [3.05, 3.63) is 90.0 Å². The Hall–Kier alpha value is -1.27. The van der Waals surface area contributed by atoms with E-state index in [9.17, 15) is 0 Å². The van der Waals surface area contributed by atoms with E-state index in [2.05, 4.69) is 66.7 Å². The molecule has 3 heteroatoms. The third-order valence-electron chi connectivity index (χ3n) is 3.01. The van der Waals surface area contributed by atoms with Crippen molar-refractivity contribution in [2.24, 2.45) is 0 Å². The van der Waals surface area contributed by atoms with Crippen molar-refractivity contribution in [1.82, 2.24) is 0 Å². The predicted molar refractivity (Wildman–Crippen MR) is 96.4 cm³/mol. The Morgan fingerprint density at radius 3 is 1.62 bits per heavy atom. The van der Waals surface area contributed by atoms with Crippen molar-refractivity contribution >= 4 is 40.7 Å². The molecule has 0 saturated carbocycles. The van der Waals surface area contributed by atoms with E-state index in [1.807, 2.05) is 29.6 Å². The number of hydrogen-bond donors (Lipinski definition) is 0. The quantitative estimate of drug-likeness (QED) is 0.571. The van der Waals surface area contributed by atoms with Gasteiger partial charge in [-0.05, 0) is 22.7 Å². The lowest BCUT2D eigenvalue weighted by Crippen LogP contribution is -2.08. The molecule has 3 aromatic rings. The van der Waals surface area contributed by atoms with Crippen LogP contribution in [0.2, 0.25) is 5.02 Å². The number of benzene rings is 3. The highest BCUT2D eigenvalue weighted by molar-refractivity contribution is 8.60. The molecule has 0 aliphatic carbocycles. The van der Waals surface area contributed by atoms with E-state index in [0.29, 0.717) is 0 Å². The molecule has 0 heterocycles. The molecule has 0 nitrogen and oxygen atoms in total. The van der Waals surface area contributed by atoms with Gasteiger partial charge in [-0.15, -0.1) is 0 Å². The minimum Gasteiger partial charge on any atom is -0.0872 e. The van der Waals surface area contributed by atoms with Crippen LogP contribution in [0.5, 0.6) is 0 Å². The highest BCUT2D eigenvalue weighted by atomic mass is 35.5. The minimum absolute atomic E-state index is 0.511. The molecule has 0 spiro atoms. The summed E-state index contributed by atoms with van der Waals surface area (Å²) in [6, 6.07) is 29.3. The second-order valence-electron chi connectivity index (χ2n) is 4.49. The molecule has 0 amide bonds. The van der Waals surface area contributed by atoms with Gasteiger partial charge in [0.05, 0.1) is 5.02 Å². The summed E-state index contributed by atoms with van der Waals surface area (Å²) in [4.78, 5) is 1.14. The van der Waals surface area contributed by atoms with Gasteiger partial charge in [-0.2, -0.15) is 0 Å². The SMILES string of the molecule is Clc1ccccc1SP(c1ccccc1)c1ccccc1. The van der Waals surface area contributed by atoms with Crippen molar-refractivity contribution in [3.63, 3.8) is 0 Å². The molecule has 0 unspecified atom stereocenters. The lowest BCUT2D eigenvalue weighted by Gasteiger charge is -2.18. The van der Waals surface area contributed by atoms with E-state index in [-0.39, 0.29) is 0 Å². The Morgan fingerprint density at radius 2 is 1.10 bits per heavy atom. The molecule has 0 radical (unpaired) electrons. The summed E-state index contributed by atoms with van der Waals surface area (Å²) in [5.41, 5.74) is 0. The van der Waals surface area contributed by atoms with E-state index in [1.54, 1.807) is 0 Å². The average Bonchev–Trinajstić information content (AvgIpc) is 2.56. The molecule has 0 aromatic heterocycles. The maximum absolute atomic E-state index is 6.33. The van der Waals surface area contributed by atoms with Crippen LogP contribution < -0.4 is 10.6 Å². The molecular weight excluding hydrogens is 315 g/mol. The summed E-state index contributed by atoms with van der Waals surface area (Å²) in [5, 5.41) is 3.52. The van der Waals surface area contributed by atoms with Crippen LogP contribution in [0.4, 0.5) is 0 Å². The van der Waals surface area contributed by atoms with Crippen LogP contribution in [0.15, 0.2) is 89.8 Å². The van der Waals surface area contributed by atoms with Gasteiger partial charge in [0.25, 0.3) is 0 Å². The third kappa shape index (κ3) is 3.68. The summed E-state index contributed by atoms with van der Waals surface area (Å²) in [6.45, 7) is 0. The molecular formula is C18H14ClPS. The highest BCUT2D eigenvalue weighted by Gasteiger charge is 2.16. The summed E-state index contributed by atoms with van der Waals surface area (Å²) >= 11 is 8.19. The number of hydrogen-bond acceptors (Lipinski definition) is 1. The van der Waals surface area contributed by atoms with Crippen LogP contribution in [-0.4, -0.2) is 0 Å². The van der Waals surface area contributed by atoms with E-state index < -0.39 is 7.12 Å². The minimum atomic E-state index is -0.511. The Bertz CT molecular complexity index is 661. The van der Waals surface area contributed by atoms with Crippen molar-refractivity contribution in [2.45, 2.75) is 4.90 Å². The first-order valence-corrected chi connectivity index (χ1v) is 9.81. The molecule has 0 bridgehead atoms. The van der Waals surface area contributed by atoms with E-state index in [4.69, 9.17) is 11.6 Å². The summed E-state index contributed by atoms with van der Waals surface area (Å²) in [6.07, 6.45) is 0. The van der Waals surface area contributed by atoms with Crippen molar-refractivity contribution in [1.29, 1.82) is 0 Å². The largest absolute Gasteiger partial charge is 0.0872 e. The summed E-state index contributed by atoms with van der Waals surface area (Å²) in [5.74, 6) is 0. The summed E-state index contributed by atoms with van der Waals surface area (Å²) < 4.78 is 0. The first kappa shape index (κ1) is 14.7. The van der Waals surface area contributed by atoms with Crippen molar-refractivity contribution in [3.8, 4) is 0 Å². The molecule has 0 aliphatic rings. The molecule has 104 valence electrons. The maximum Gasteiger partial charge on any atom is 0.0545 e. The fraction of sp³-hybridized carbons (Fsp3) is 0. The number of halogens is 1. The van der Waals surface area contributed by atoms with Crippen molar-refractivity contribution < 1.29 is 0 Å². The fourth-order valence-electron chi connectivity index (χ4n) is 2.00. The van der Waals surface area contributed by atoms with Crippen LogP contribution in [0.1, 0.15) is 0 Å². The topological polar surface area (TPSA) is 0 Å². The first-order valence-electron chi connectivity index (χ1n) is 6.67. The summed E-state index contributed by atoms with van der Waals surface area (Å²) in [7, 11) is -0.511. The van der Waals surface area contributed by atoms with Gasteiger partial charge >= 0.3 is 0 Å². The average molecular weight is 329 g/mol. The smallest absolute Gasteiger partial charge is 0.0545 e. The lowest BCUT2D eigenvalue weighted by atomic mass is 10.4. The lowest BCUT2D eigenvalue weighted by molar-refractivity contribution is 1.48. The molecule has 21 heavy (non-hydrogen) atoms. The van der Waals surface area contributed by atoms with E-state index >= 15 is 0 Å². The highest BCUT2D eigenvalue weighted by Crippen LogP contribution is 2.53. The van der Waals surface area contributed by atoms with Crippen LogP contribution in [0, 0.1) is 0 Å². The molecule has 0 fully saturated rings. The Kier molecular flexibility index (Phi) is 4.98. The van der Waals surface area contributed by atoms with Crippen LogP contribution >= 0.6 is 30.1 Å². The predicted octanol–water partition coefficient (Wildman–Crippen LogP) is 5.48. The normalized spacial score (nSPS) is 10.8. The number of rotatable bonds is 4. The molecule has 0 saturated heterocycles.